The zero-order valence-electron chi connectivity index (χ0n) is 14.8. The molecule has 3 fully saturated rings. The van der Waals surface area contributed by atoms with Crippen molar-refractivity contribution in [1.82, 2.24) is 9.80 Å². The van der Waals surface area contributed by atoms with E-state index in [-0.39, 0.29) is 30.2 Å². The first-order chi connectivity index (χ1) is 11.9. The summed E-state index contributed by atoms with van der Waals surface area (Å²) in [6.07, 6.45) is 4.60. The third-order valence-electron chi connectivity index (χ3n) is 6.75. The molecule has 1 heterocycles. The van der Waals surface area contributed by atoms with Gasteiger partial charge in [-0.05, 0) is 43.9 Å². The number of hydrogen-bond donors (Lipinski definition) is 0. The molecule has 5 heteroatoms. The van der Waals surface area contributed by atoms with E-state index in [1.165, 1.54) is 12.8 Å². The van der Waals surface area contributed by atoms with Crippen LogP contribution in [0.15, 0.2) is 30.3 Å². The number of urea groups is 1. The second kappa shape index (κ2) is 5.68. The van der Waals surface area contributed by atoms with Crippen molar-refractivity contribution >= 4 is 17.7 Å². The summed E-state index contributed by atoms with van der Waals surface area (Å²) in [5.74, 6) is 1.03. The lowest BCUT2D eigenvalue weighted by molar-refractivity contribution is -0.135. The second-order valence-corrected chi connectivity index (χ2v) is 7.95. The van der Waals surface area contributed by atoms with Gasteiger partial charge < -0.3 is 4.90 Å². The van der Waals surface area contributed by atoms with Gasteiger partial charge in [0.1, 0.15) is 5.54 Å². The standard InChI is InChI=1S/C20H24N2O3/c1-20(16-11-13-8-9-15(16)10-13)18(24)22(19(25)21(20)2)12-17(23)14-6-4-3-5-7-14/h3-7,13,15-16H,8-12H2,1-2H3/t13-,15+,16?,20?/m0/s1. The molecule has 2 saturated carbocycles. The van der Waals surface area contributed by atoms with Crippen LogP contribution in [0.2, 0.25) is 0 Å². The fraction of sp³-hybridized carbons (Fsp3) is 0.550. The lowest BCUT2D eigenvalue weighted by Gasteiger charge is -2.39. The van der Waals surface area contributed by atoms with Gasteiger partial charge in [0.2, 0.25) is 0 Å². The number of Topliss-reactive ketones (excluding diaryl/α,β-unsaturated/α-hetero) is 1. The third-order valence-corrected chi connectivity index (χ3v) is 6.75. The number of ketones is 1. The Labute approximate surface area is 148 Å². The Morgan fingerprint density at radius 1 is 1.16 bits per heavy atom. The van der Waals surface area contributed by atoms with E-state index in [0.29, 0.717) is 17.4 Å². The van der Waals surface area contributed by atoms with E-state index in [2.05, 4.69) is 0 Å². The molecule has 2 aliphatic carbocycles. The maximum absolute atomic E-state index is 13.2. The Balaban J connectivity index is 1.58. The van der Waals surface area contributed by atoms with Crippen molar-refractivity contribution in [2.24, 2.45) is 17.8 Å². The van der Waals surface area contributed by atoms with E-state index >= 15 is 0 Å². The van der Waals surface area contributed by atoms with Crippen molar-refractivity contribution in [2.75, 3.05) is 13.6 Å². The van der Waals surface area contributed by atoms with Crippen molar-refractivity contribution in [3.8, 4) is 0 Å². The van der Waals surface area contributed by atoms with E-state index in [1.54, 1.807) is 36.2 Å². The molecule has 1 saturated heterocycles. The minimum absolute atomic E-state index is 0.178. The topological polar surface area (TPSA) is 57.7 Å². The SMILES string of the molecule is CN1C(=O)N(CC(=O)c2ccccc2)C(=O)C1(C)C1C[C@H]2CC[C@@H]1C2. The number of benzene rings is 1. The van der Waals surface area contributed by atoms with E-state index in [0.717, 1.165) is 17.7 Å². The van der Waals surface area contributed by atoms with Crippen molar-refractivity contribution in [2.45, 2.75) is 38.1 Å². The first-order valence-corrected chi connectivity index (χ1v) is 9.11. The molecule has 0 aromatic heterocycles. The zero-order chi connectivity index (χ0) is 17.8. The molecule has 3 aliphatic rings. The molecule has 25 heavy (non-hydrogen) atoms. The minimum atomic E-state index is -0.812. The predicted octanol–water partition coefficient (Wildman–Crippen LogP) is 2.96. The van der Waals surface area contributed by atoms with Crippen molar-refractivity contribution in [3.05, 3.63) is 35.9 Å². The Morgan fingerprint density at radius 3 is 2.48 bits per heavy atom. The van der Waals surface area contributed by atoms with Gasteiger partial charge in [0.05, 0.1) is 6.54 Å². The van der Waals surface area contributed by atoms with Gasteiger partial charge in [-0.25, -0.2) is 4.79 Å². The van der Waals surface area contributed by atoms with Gasteiger partial charge in [-0.3, -0.25) is 14.5 Å². The molecule has 2 bridgehead atoms. The quantitative estimate of drug-likeness (QED) is 0.625. The molecule has 3 amide bonds. The van der Waals surface area contributed by atoms with Crippen LogP contribution >= 0.6 is 0 Å². The molecule has 1 aromatic carbocycles. The Hall–Kier alpha value is -2.17. The van der Waals surface area contributed by atoms with Crippen LogP contribution in [0.25, 0.3) is 0 Å². The van der Waals surface area contributed by atoms with E-state index in [9.17, 15) is 14.4 Å². The highest BCUT2D eigenvalue weighted by atomic mass is 16.2. The maximum atomic E-state index is 13.2. The summed E-state index contributed by atoms with van der Waals surface area (Å²) in [5.41, 5.74) is -0.285. The highest BCUT2D eigenvalue weighted by Gasteiger charge is 2.61. The normalized spacial score (nSPS) is 34.2. The van der Waals surface area contributed by atoms with Crippen LogP contribution in [0, 0.1) is 17.8 Å². The maximum Gasteiger partial charge on any atom is 0.327 e. The third kappa shape index (κ3) is 2.32. The fourth-order valence-electron chi connectivity index (χ4n) is 5.22. The number of amides is 3. The van der Waals surface area contributed by atoms with Gasteiger partial charge in [-0.15, -0.1) is 0 Å². The van der Waals surface area contributed by atoms with Crippen molar-refractivity contribution in [3.63, 3.8) is 0 Å². The first kappa shape index (κ1) is 16.3. The second-order valence-electron chi connectivity index (χ2n) is 7.95. The molecule has 0 N–H and O–H groups in total. The van der Waals surface area contributed by atoms with Gasteiger partial charge in [-0.1, -0.05) is 36.8 Å². The highest BCUT2D eigenvalue weighted by Crippen LogP contribution is 2.54. The average Bonchev–Trinajstić information content (AvgIpc) is 3.31. The Kier molecular flexibility index (Phi) is 3.71. The van der Waals surface area contributed by atoms with E-state index < -0.39 is 5.54 Å². The number of imide groups is 1. The summed E-state index contributed by atoms with van der Waals surface area (Å²) >= 11 is 0. The molecule has 5 nitrogen and oxygen atoms in total. The monoisotopic (exact) mass is 340 g/mol. The van der Waals surface area contributed by atoms with Gasteiger partial charge in [0.15, 0.2) is 5.78 Å². The number of nitrogens with zero attached hydrogens (tertiary/aromatic N) is 2. The molecular weight excluding hydrogens is 316 g/mol. The summed E-state index contributed by atoms with van der Waals surface area (Å²) in [6, 6.07) is 8.49. The summed E-state index contributed by atoms with van der Waals surface area (Å²) in [6.45, 7) is 1.72. The predicted molar refractivity (Wildman–Crippen MR) is 93.0 cm³/mol. The van der Waals surface area contributed by atoms with E-state index in [1.807, 2.05) is 13.0 Å². The van der Waals surface area contributed by atoms with Crippen molar-refractivity contribution < 1.29 is 14.4 Å². The molecule has 1 aromatic rings. The Bertz CT molecular complexity index is 732. The van der Waals surface area contributed by atoms with Gasteiger partial charge >= 0.3 is 6.03 Å². The number of hydrogen-bond acceptors (Lipinski definition) is 3. The van der Waals surface area contributed by atoms with Crippen LogP contribution < -0.4 is 0 Å². The van der Waals surface area contributed by atoms with Crippen LogP contribution in [0.5, 0.6) is 0 Å². The smallest absolute Gasteiger partial charge is 0.313 e. The molecule has 132 valence electrons. The number of rotatable bonds is 4. The van der Waals surface area contributed by atoms with Gasteiger partial charge in [0.25, 0.3) is 5.91 Å². The number of carbonyl (C=O) groups is 3. The van der Waals surface area contributed by atoms with Crippen molar-refractivity contribution in [1.29, 1.82) is 0 Å². The lowest BCUT2D eigenvalue weighted by Crippen LogP contribution is -2.53. The zero-order valence-corrected chi connectivity index (χ0v) is 14.8. The summed E-state index contributed by atoms with van der Waals surface area (Å²) in [7, 11) is 1.71. The number of fused-ring (bicyclic) bond motifs is 2. The average molecular weight is 340 g/mol. The molecule has 4 atom stereocenters. The molecule has 1 aliphatic heterocycles. The number of carbonyl (C=O) groups excluding carboxylic acids is 3. The fourth-order valence-corrected chi connectivity index (χ4v) is 5.22. The van der Waals surface area contributed by atoms with E-state index in [4.69, 9.17) is 0 Å². The minimum Gasteiger partial charge on any atom is -0.313 e. The number of likely N-dealkylation sites (N-methyl/N-ethyl adjacent to an activating group) is 1. The lowest BCUT2D eigenvalue weighted by atomic mass is 9.74. The largest absolute Gasteiger partial charge is 0.327 e. The van der Waals surface area contributed by atoms with Gasteiger partial charge in [-0.2, -0.15) is 0 Å². The first-order valence-electron chi connectivity index (χ1n) is 9.11. The molecule has 0 radical (unpaired) electrons. The summed E-state index contributed by atoms with van der Waals surface area (Å²) in [5, 5.41) is 0. The van der Waals surface area contributed by atoms with Crippen LogP contribution in [-0.2, 0) is 4.79 Å². The summed E-state index contributed by atoms with van der Waals surface area (Å²) in [4.78, 5) is 41.2. The van der Waals surface area contributed by atoms with Crippen LogP contribution in [0.3, 0.4) is 0 Å². The van der Waals surface area contributed by atoms with Crippen LogP contribution in [0.4, 0.5) is 4.79 Å². The Morgan fingerprint density at radius 2 is 1.88 bits per heavy atom. The highest BCUT2D eigenvalue weighted by molar-refractivity contribution is 6.11. The van der Waals surface area contributed by atoms with Crippen LogP contribution in [0.1, 0.15) is 43.0 Å². The molecule has 0 spiro atoms. The molecular formula is C20H24N2O3. The van der Waals surface area contributed by atoms with Crippen LogP contribution in [-0.4, -0.2) is 46.7 Å². The summed E-state index contributed by atoms with van der Waals surface area (Å²) < 4.78 is 0. The molecule has 4 rings (SSSR count). The van der Waals surface area contributed by atoms with Gasteiger partial charge in [0, 0.05) is 12.6 Å². The molecule has 2 unspecified atom stereocenters.